The van der Waals surface area contributed by atoms with Crippen molar-refractivity contribution in [2.24, 2.45) is 23.7 Å². The normalized spacial score (nSPS) is 46.2. The Balaban J connectivity index is 1.71. The standard InChI is InChI=1S/C16H23NO5/c1-20-15(18)12-13-10-4-8-3-9(5-10)7-11(6-8)17(13)22-14(12)16(19)21-2/h8-14H,3-7H2,1-2H3/t8?,9?,10?,11?,12-,13-,14-/m0/s1. The molecule has 3 heterocycles. The van der Waals surface area contributed by atoms with E-state index in [1.807, 2.05) is 5.06 Å². The van der Waals surface area contributed by atoms with Gasteiger partial charge in [0.2, 0.25) is 0 Å². The maximum atomic E-state index is 12.4. The number of methoxy groups -OCH3 is 2. The predicted molar refractivity (Wildman–Crippen MR) is 75.4 cm³/mol. The summed E-state index contributed by atoms with van der Waals surface area (Å²) in [6.45, 7) is 0. The van der Waals surface area contributed by atoms with Gasteiger partial charge in [0.15, 0.2) is 6.10 Å². The van der Waals surface area contributed by atoms with Gasteiger partial charge < -0.3 is 9.47 Å². The van der Waals surface area contributed by atoms with E-state index in [2.05, 4.69) is 0 Å². The summed E-state index contributed by atoms with van der Waals surface area (Å²) in [7, 11) is 2.71. The van der Waals surface area contributed by atoms with Crippen LogP contribution in [0.5, 0.6) is 0 Å². The van der Waals surface area contributed by atoms with Crippen molar-refractivity contribution in [2.45, 2.75) is 50.3 Å². The summed E-state index contributed by atoms with van der Waals surface area (Å²) >= 11 is 0. The molecule has 6 heteroatoms. The summed E-state index contributed by atoms with van der Waals surface area (Å²) < 4.78 is 9.83. The van der Waals surface area contributed by atoms with Gasteiger partial charge in [-0.05, 0) is 49.9 Å². The molecule has 0 amide bonds. The molecular weight excluding hydrogens is 286 g/mol. The molecule has 5 fully saturated rings. The van der Waals surface area contributed by atoms with Gasteiger partial charge in [-0.1, -0.05) is 0 Å². The minimum Gasteiger partial charge on any atom is -0.469 e. The molecule has 5 aliphatic rings. The topological polar surface area (TPSA) is 65.1 Å². The van der Waals surface area contributed by atoms with Crippen LogP contribution in [0.1, 0.15) is 32.1 Å². The largest absolute Gasteiger partial charge is 0.469 e. The van der Waals surface area contributed by atoms with Crippen LogP contribution < -0.4 is 0 Å². The molecule has 0 aromatic rings. The SMILES string of the molecule is COC(=O)[C@@H]1[C@@H](C(=O)OC)ON2C3CC4CC(CC(C4)[C@@H]12)C3. The molecule has 3 aliphatic heterocycles. The summed E-state index contributed by atoms with van der Waals surface area (Å²) in [6.07, 6.45) is 4.96. The molecule has 6 nitrogen and oxygen atoms in total. The van der Waals surface area contributed by atoms with Gasteiger partial charge in [0.25, 0.3) is 0 Å². The second-order valence-electron chi connectivity index (χ2n) is 7.27. The molecule has 0 aromatic heterocycles. The Labute approximate surface area is 130 Å². The van der Waals surface area contributed by atoms with Crippen LogP contribution >= 0.6 is 0 Å². The summed E-state index contributed by atoms with van der Waals surface area (Å²) in [5.74, 6) is 0.490. The number of esters is 2. The van der Waals surface area contributed by atoms with E-state index in [1.165, 1.54) is 20.6 Å². The van der Waals surface area contributed by atoms with Crippen molar-refractivity contribution in [3.8, 4) is 0 Å². The lowest BCUT2D eigenvalue weighted by atomic mass is 9.66. The quantitative estimate of drug-likeness (QED) is 0.713. The summed E-state index contributed by atoms with van der Waals surface area (Å²) in [4.78, 5) is 30.4. The molecule has 22 heavy (non-hydrogen) atoms. The second kappa shape index (κ2) is 5.20. The maximum absolute atomic E-state index is 12.4. The van der Waals surface area contributed by atoms with Gasteiger partial charge in [-0.25, -0.2) is 4.79 Å². The fourth-order valence-corrected chi connectivity index (χ4v) is 5.49. The molecular formula is C16H23NO5. The van der Waals surface area contributed by atoms with Crippen LogP contribution in [0.3, 0.4) is 0 Å². The molecule has 3 saturated heterocycles. The fraction of sp³-hybridized carbons (Fsp3) is 0.875. The van der Waals surface area contributed by atoms with E-state index >= 15 is 0 Å². The molecule has 5 rings (SSSR count). The molecule has 4 bridgehead atoms. The van der Waals surface area contributed by atoms with Crippen LogP contribution in [0, 0.1) is 23.7 Å². The van der Waals surface area contributed by atoms with Crippen molar-refractivity contribution in [2.75, 3.05) is 14.2 Å². The van der Waals surface area contributed by atoms with Crippen molar-refractivity contribution in [3.05, 3.63) is 0 Å². The van der Waals surface area contributed by atoms with Crippen LogP contribution in [-0.2, 0) is 23.9 Å². The number of nitrogens with zero attached hydrogens (tertiary/aromatic N) is 1. The van der Waals surface area contributed by atoms with Crippen molar-refractivity contribution in [1.82, 2.24) is 5.06 Å². The van der Waals surface area contributed by atoms with Gasteiger partial charge in [-0.15, -0.1) is 0 Å². The molecule has 5 atom stereocenters. The highest BCUT2D eigenvalue weighted by Gasteiger charge is 2.60. The molecule has 0 spiro atoms. The summed E-state index contributed by atoms with van der Waals surface area (Å²) in [5, 5.41) is 1.98. The Hall–Kier alpha value is -1.14. The molecule has 122 valence electrons. The number of rotatable bonds is 2. The summed E-state index contributed by atoms with van der Waals surface area (Å²) in [6, 6.07) is 0.278. The zero-order valence-electron chi connectivity index (χ0n) is 13.1. The maximum Gasteiger partial charge on any atom is 0.338 e. The Kier molecular flexibility index (Phi) is 3.42. The number of carbonyl (C=O) groups is 2. The van der Waals surface area contributed by atoms with Gasteiger partial charge in [-0.2, -0.15) is 5.06 Å². The van der Waals surface area contributed by atoms with Gasteiger partial charge in [0.1, 0.15) is 5.92 Å². The van der Waals surface area contributed by atoms with Crippen LogP contribution in [0.2, 0.25) is 0 Å². The minimum atomic E-state index is -0.861. The van der Waals surface area contributed by atoms with Gasteiger partial charge in [0.05, 0.1) is 20.3 Å². The zero-order chi connectivity index (χ0) is 15.4. The highest BCUT2D eigenvalue weighted by atomic mass is 16.7. The third kappa shape index (κ3) is 2.00. The number of ether oxygens (including phenoxy) is 2. The predicted octanol–water partition coefficient (Wildman–Crippen LogP) is 1.14. The van der Waals surface area contributed by atoms with E-state index < -0.39 is 18.0 Å². The fourth-order valence-electron chi connectivity index (χ4n) is 5.49. The van der Waals surface area contributed by atoms with Crippen LogP contribution in [0.15, 0.2) is 0 Å². The van der Waals surface area contributed by atoms with Crippen molar-refractivity contribution >= 4 is 11.9 Å². The van der Waals surface area contributed by atoms with Crippen molar-refractivity contribution < 1.29 is 23.9 Å². The molecule has 0 radical (unpaired) electrons. The molecule has 2 aliphatic carbocycles. The minimum absolute atomic E-state index is 0.0446. The smallest absolute Gasteiger partial charge is 0.338 e. The van der Waals surface area contributed by atoms with Gasteiger partial charge in [-0.3, -0.25) is 9.63 Å². The van der Waals surface area contributed by atoms with E-state index in [1.54, 1.807) is 0 Å². The van der Waals surface area contributed by atoms with Gasteiger partial charge in [0, 0.05) is 6.04 Å². The van der Waals surface area contributed by atoms with E-state index in [0.717, 1.165) is 37.5 Å². The lowest BCUT2D eigenvalue weighted by molar-refractivity contribution is -0.206. The van der Waals surface area contributed by atoms with Crippen molar-refractivity contribution in [1.29, 1.82) is 0 Å². The van der Waals surface area contributed by atoms with Crippen molar-refractivity contribution in [3.63, 3.8) is 0 Å². The highest BCUT2D eigenvalue weighted by Crippen LogP contribution is 2.54. The second-order valence-corrected chi connectivity index (χ2v) is 7.27. The zero-order valence-corrected chi connectivity index (χ0v) is 13.1. The molecule has 2 saturated carbocycles. The lowest BCUT2D eigenvalue weighted by Gasteiger charge is -2.39. The van der Waals surface area contributed by atoms with E-state index in [9.17, 15) is 9.59 Å². The Bertz CT molecular complexity index is 481. The number of hydroxylamine groups is 2. The number of hydrogen-bond donors (Lipinski definition) is 0. The number of carbonyl (C=O) groups excluding carboxylic acids is 2. The Morgan fingerprint density at radius 3 is 2.18 bits per heavy atom. The van der Waals surface area contributed by atoms with E-state index in [-0.39, 0.29) is 12.0 Å². The Morgan fingerprint density at radius 1 is 0.955 bits per heavy atom. The first-order chi connectivity index (χ1) is 10.6. The monoisotopic (exact) mass is 309 g/mol. The molecule has 0 aromatic carbocycles. The lowest BCUT2D eigenvalue weighted by Crippen LogP contribution is -2.44. The van der Waals surface area contributed by atoms with E-state index in [4.69, 9.17) is 14.3 Å². The van der Waals surface area contributed by atoms with Crippen LogP contribution in [0.25, 0.3) is 0 Å². The average molecular weight is 309 g/mol. The number of hydrogen-bond acceptors (Lipinski definition) is 6. The van der Waals surface area contributed by atoms with E-state index in [0.29, 0.717) is 12.0 Å². The Morgan fingerprint density at radius 2 is 1.59 bits per heavy atom. The van der Waals surface area contributed by atoms with Gasteiger partial charge >= 0.3 is 11.9 Å². The summed E-state index contributed by atoms with van der Waals surface area (Å²) in [5.41, 5.74) is 0. The van der Waals surface area contributed by atoms with Crippen LogP contribution in [-0.4, -0.2) is 49.4 Å². The average Bonchev–Trinajstić information content (AvgIpc) is 2.85. The molecule has 2 unspecified atom stereocenters. The molecule has 0 N–H and O–H groups in total. The third-order valence-electron chi connectivity index (χ3n) is 6.12. The van der Waals surface area contributed by atoms with Crippen LogP contribution in [0.4, 0.5) is 0 Å². The third-order valence-corrected chi connectivity index (χ3v) is 6.12. The first-order valence-electron chi connectivity index (χ1n) is 8.23. The first kappa shape index (κ1) is 14.5. The first-order valence-corrected chi connectivity index (χ1v) is 8.23. The highest BCUT2D eigenvalue weighted by molar-refractivity contribution is 5.85.